The quantitative estimate of drug-likeness (QED) is 0.771. The standard InChI is InChI=1S/C17H27N3O/c1-4-11-20-16-9-7-6-8-15(16)19-17(20)13-14(18-5-2)10-12-21-3/h6-9,14,18H,4-5,10-13H2,1-3H3. The summed E-state index contributed by atoms with van der Waals surface area (Å²) < 4.78 is 7.59. The van der Waals surface area contributed by atoms with Gasteiger partial charge in [-0.25, -0.2) is 4.98 Å². The molecule has 0 bridgehead atoms. The Morgan fingerprint density at radius 2 is 2.10 bits per heavy atom. The highest BCUT2D eigenvalue weighted by atomic mass is 16.5. The molecule has 4 nitrogen and oxygen atoms in total. The number of nitrogens with zero attached hydrogens (tertiary/aromatic N) is 2. The van der Waals surface area contributed by atoms with E-state index in [-0.39, 0.29) is 0 Å². The summed E-state index contributed by atoms with van der Waals surface area (Å²) in [6.45, 7) is 7.15. The second-order valence-electron chi connectivity index (χ2n) is 5.41. The number of imidazole rings is 1. The van der Waals surface area contributed by atoms with Gasteiger partial charge >= 0.3 is 0 Å². The molecule has 1 atom stereocenters. The Labute approximate surface area is 127 Å². The van der Waals surface area contributed by atoms with Crippen LogP contribution < -0.4 is 5.32 Å². The van der Waals surface area contributed by atoms with E-state index in [1.165, 1.54) is 11.3 Å². The van der Waals surface area contributed by atoms with Crippen molar-refractivity contribution in [3.63, 3.8) is 0 Å². The summed E-state index contributed by atoms with van der Waals surface area (Å²) in [6, 6.07) is 8.83. The average Bonchev–Trinajstić information content (AvgIpc) is 2.83. The molecule has 21 heavy (non-hydrogen) atoms. The topological polar surface area (TPSA) is 39.1 Å². The zero-order valence-electron chi connectivity index (χ0n) is 13.4. The molecule has 0 aliphatic heterocycles. The molecule has 0 radical (unpaired) electrons. The minimum Gasteiger partial charge on any atom is -0.385 e. The van der Waals surface area contributed by atoms with Crippen molar-refractivity contribution in [2.75, 3.05) is 20.3 Å². The van der Waals surface area contributed by atoms with Crippen LogP contribution >= 0.6 is 0 Å². The third-order valence-corrected chi connectivity index (χ3v) is 3.77. The highest BCUT2D eigenvalue weighted by molar-refractivity contribution is 5.75. The van der Waals surface area contributed by atoms with Crippen molar-refractivity contribution in [3.05, 3.63) is 30.1 Å². The molecule has 0 saturated carbocycles. The third kappa shape index (κ3) is 4.05. The number of aromatic nitrogens is 2. The maximum Gasteiger partial charge on any atom is 0.111 e. The van der Waals surface area contributed by atoms with Gasteiger partial charge in [-0.15, -0.1) is 0 Å². The van der Waals surface area contributed by atoms with E-state index in [2.05, 4.69) is 48.0 Å². The summed E-state index contributed by atoms with van der Waals surface area (Å²) in [5, 5.41) is 3.55. The van der Waals surface area contributed by atoms with Crippen molar-refractivity contribution in [1.29, 1.82) is 0 Å². The zero-order chi connectivity index (χ0) is 15.1. The largest absolute Gasteiger partial charge is 0.385 e. The molecule has 1 aromatic carbocycles. The van der Waals surface area contributed by atoms with Crippen LogP contribution in [0.2, 0.25) is 0 Å². The number of aryl methyl sites for hydroxylation is 1. The first-order valence-corrected chi connectivity index (χ1v) is 7.96. The molecule has 1 unspecified atom stereocenters. The summed E-state index contributed by atoms with van der Waals surface area (Å²) >= 11 is 0. The normalized spacial score (nSPS) is 12.9. The van der Waals surface area contributed by atoms with Crippen molar-refractivity contribution in [1.82, 2.24) is 14.9 Å². The molecule has 116 valence electrons. The van der Waals surface area contributed by atoms with Gasteiger partial charge in [0.1, 0.15) is 5.82 Å². The lowest BCUT2D eigenvalue weighted by Crippen LogP contribution is -2.33. The molecule has 1 N–H and O–H groups in total. The predicted molar refractivity (Wildman–Crippen MR) is 87.7 cm³/mol. The summed E-state index contributed by atoms with van der Waals surface area (Å²) in [5.41, 5.74) is 2.35. The molecule has 0 amide bonds. The number of methoxy groups -OCH3 is 1. The van der Waals surface area contributed by atoms with Crippen LogP contribution in [0.5, 0.6) is 0 Å². The first-order chi connectivity index (χ1) is 10.3. The average molecular weight is 289 g/mol. The smallest absolute Gasteiger partial charge is 0.111 e. The first-order valence-electron chi connectivity index (χ1n) is 7.96. The fourth-order valence-electron chi connectivity index (χ4n) is 2.80. The molecule has 4 heteroatoms. The molecule has 0 aliphatic rings. The molecule has 0 saturated heterocycles. The van der Waals surface area contributed by atoms with Crippen LogP contribution in [0.15, 0.2) is 24.3 Å². The number of hydrogen-bond donors (Lipinski definition) is 1. The lowest BCUT2D eigenvalue weighted by Gasteiger charge is -2.18. The fraction of sp³-hybridized carbons (Fsp3) is 0.588. The summed E-state index contributed by atoms with van der Waals surface area (Å²) in [5.74, 6) is 1.18. The molecule has 1 heterocycles. The molecule has 0 spiro atoms. The van der Waals surface area contributed by atoms with E-state index in [1.54, 1.807) is 7.11 Å². The van der Waals surface area contributed by atoms with E-state index >= 15 is 0 Å². The minimum atomic E-state index is 0.419. The number of ether oxygens (including phenoxy) is 1. The van der Waals surface area contributed by atoms with Gasteiger partial charge < -0.3 is 14.6 Å². The van der Waals surface area contributed by atoms with Gasteiger partial charge in [-0.3, -0.25) is 0 Å². The summed E-state index contributed by atoms with van der Waals surface area (Å²) in [6.07, 6.45) is 3.09. The number of benzene rings is 1. The SMILES string of the molecule is CCCn1c(CC(CCOC)NCC)nc2ccccc21. The van der Waals surface area contributed by atoms with Gasteiger partial charge in [-0.1, -0.05) is 26.0 Å². The summed E-state index contributed by atoms with van der Waals surface area (Å²) in [4.78, 5) is 4.84. The minimum absolute atomic E-state index is 0.419. The Bertz CT molecular complexity index is 550. The van der Waals surface area contributed by atoms with Crippen LogP contribution in [0, 0.1) is 0 Å². The number of fused-ring (bicyclic) bond motifs is 1. The van der Waals surface area contributed by atoms with Crippen LogP contribution in [0.1, 0.15) is 32.5 Å². The van der Waals surface area contributed by atoms with Crippen molar-refractivity contribution in [2.45, 2.75) is 45.7 Å². The van der Waals surface area contributed by atoms with Crippen LogP contribution in [-0.2, 0) is 17.7 Å². The lowest BCUT2D eigenvalue weighted by molar-refractivity contribution is 0.182. The molecule has 0 fully saturated rings. The van der Waals surface area contributed by atoms with E-state index in [1.807, 2.05) is 0 Å². The van der Waals surface area contributed by atoms with E-state index in [9.17, 15) is 0 Å². The number of nitrogens with one attached hydrogen (secondary N) is 1. The van der Waals surface area contributed by atoms with Crippen molar-refractivity contribution in [2.24, 2.45) is 0 Å². The molecule has 1 aromatic heterocycles. The Balaban J connectivity index is 2.24. The van der Waals surface area contributed by atoms with Crippen LogP contribution in [-0.4, -0.2) is 35.9 Å². The lowest BCUT2D eigenvalue weighted by atomic mass is 10.1. The van der Waals surface area contributed by atoms with Gasteiger partial charge in [-0.2, -0.15) is 0 Å². The molecular formula is C17H27N3O. The Hall–Kier alpha value is -1.39. The second kappa shape index (κ2) is 8.15. The second-order valence-corrected chi connectivity index (χ2v) is 5.41. The van der Waals surface area contributed by atoms with Crippen LogP contribution in [0.3, 0.4) is 0 Å². The number of likely N-dealkylation sites (N-methyl/N-ethyl adjacent to an activating group) is 1. The Morgan fingerprint density at radius 1 is 1.29 bits per heavy atom. The van der Waals surface area contributed by atoms with Crippen molar-refractivity contribution < 1.29 is 4.74 Å². The molecule has 2 aromatic rings. The first kappa shape index (κ1) is 16.0. The van der Waals surface area contributed by atoms with E-state index < -0.39 is 0 Å². The highest BCUT2D eigenvalue weighted by Gasteiger charge is 2.15. The number of para-hydroxylation sites is 2. The Kier molecular flexibility index (Phi) is 6.21. The van der Waals surface area contributed by atoms with E-state index in [4.69, 9.17) is 9.72 Å². The van der Waals surface area contributed by atoms with Gasteiger partial charge in [0.25, 0.3) is 0 Å². The third-order valence-electron chi connectivity index (χ3n) is 3.77. The van der Waals surface area contributed by atoms with Crippen LogP contribution in [0.25, 0.3) is 11.0 Å². The monoisotopic (exact) mass is 289 g/mol. The maximum atomic E-state index is 5.23. The van der Waals surface area contributed by atoms with Crippen molar-refractivity contribution in [3.8, 4) is 0 Å². The van der Waals surface area contributed by atoms with E-state index in [0.717, 1.165) is 44.5 Å². The van der Waals surface area contributed by atoms with Gasteiger partial charge in [0.15, 0.2) is 0 Å². The molecular weight excluding hydrogens is 262 g/mol. The summed E-state index contributed by atoms with van der Waals surface area (Å²) in [7, 11) is 1.76. The van der Waals surface area contributed by atoms with Gasteiger partial charge in [0.2, 0.25) is 0 Å². The van der Waals surface area contributed by atoms with Gasteiger partial charge in [0.05, 0.1) is 11.0 Å². The maximum absolute atomic E-state index is 5.23. The van der Waals surface area contributed by atoms with Crippen molar-refractivity contribution >= 4 is 11.0 Å². The molecule has 0 aliphatic carbocycles. The highest BCUT2D eigenvalue weighted by Crippen LogP contribution is 2.18. The van der Waals surface area contributed by atoms with E-state index in [0.29, 0.717) is 6.04 Å². The fourth-order valence-corrected chi connectivity index (χ4v) is 2.80. The number of hydrogen-bond acceptors (Lipinski definition) is 3. The van der Waals surface area contributed by atoms with Gasteiger partial charge in [0, 0.05) is 32.7 Å². The Morgan fingerprint density at radius 3 is 2.81 bits per heavy atom. The molecule has 2 rings (SSSR count). The predicted octanol–water partition coefficient (Wildman–Crippen LogP) is 3.00. The van der Waals surface area contributed by atoms with Crippen LogP contribution in [0.4, 0.5) is 0 Å². The van der Waals surface area contributed by atoms with Gasteiger partial charge in [-0.05, 0) is 31.5 Å². The number of rotatable bonds is 9. The zero-order valence-corrected chi connectivity index (χ0v) is 13.4.